The SMILES string of the molecule is CC1CN(Cc2cccc(C(N)=S)c2F)C(C)CO1. The molecule has 0 bridgehead atoms. The quantitative estimate of drug-likeness (QED) is 0.861. The van der Waals surface area contributed by atoms with Crippen LogP contribution in [0.25, 0.3) is 0 Å². The van der Waals surface area contributed by atoms with Gasteiger partial charge in [-0.05, 0) is 19.9 Å². The summed E-state index contributed by atoms with van der Waals surface area (Å²) in [6, 6.07) is 5.47. The summed E-state index contributed by atoms with van der Waals surface area (Å²) in [6.07, 6.45) is 0.179. The van der Waals surface area contributed by atoms with Crippen molar-refractivity contribution >= 4 is 17.2 Å². The zero-order chi connectivity index (χ0) is 14.0. The third kappa shape index (κ3) is 3.29. The molecule has 0 radical (unpaired) electrons. The second-order valence-corrected chi connectivity index (χ2v) is 5.51. The number of benzene rings is 1. The first-order chi connectivity index (χ1) is 8.99. The van der Waals surface area contributed by atoms with Crippen molar-refractivity contribution in [1.29, 1.82) is 0 Å². The molecule has 1 aliphatic heterocycles. The van der Waals surface area contributed by atoms with Crippen molar-refractivity contribution in [3.63, 3.8) is 0 Å². The topological polar surface area (TPSA) is 38.5 Å². The lowest BCUT2D eigenvalue weighted by atomic mass is 10.1. The van der Waals surface area contributed by atoms with E-state index in [-0.39, 0.29) is 23.0 Å². The monoisotopic (exact) mass is 282 g/mol. The van der Waals surface area contributed by atoms with E-state index in [1.807, 2.05) is 6.92 Å². The first kappa shape index (κ1) is 14.4. The molecule has 2 rings (SSSR count). The molecular weight excluding hydrogens is 263 g/mol. The summed E-state index contributed by atoms with van der Waals surface area (Å²) in [5.74, 6) is -0.304. The molecular formula is C14H19FN2OS. The van der Waals surface area contributed by atoms with Crippen LogP contribution in [0, 0.1) is 5.82 Å². The summed E-state index contributed by atoms with van der Waals surface area (Å²) >= 11 is 4.86. The number of thiocarbonyl (C=S) groups is 1. The van der Waals surface area contributed by atoms with Gasteiger partial charge in [-0.25, -0.2) is 4.39 Å². The summed E-state index contributed by atoms with van der Waals surface area (Å²) in [5, 5.41) is 0. The predicted molar refractivity (Wildman–Crippen MR) is 77.6 cm³/mol. The van der Waals surface area contributed by atoms with Gasteiger partial charge in [0.05, 0.1) is 12.7 Å². The van der Waals surface area contributed by atoms with Crippen molar-refractivity contribution in [2.24, 2.45) is 5.73 Å². The first-order valence-corrected chi connectivity index (χ1v) is 6.82. The van der Waals surface area contributed by atoms with Crippen LogP contribution >= 0.6 is 12.2 Å². The van der Waals surface area contributed by atoms with Gasteiger partial charge >= 0.3 is 0 Å². The molecule has 0 amide bonds. The second-order valence-electron chi connectivity index (χ2n) is 5.07. The molecule has 1 aliphatic rings. The lowest BCUT2D eigenvalue weighted by Crippen LogP contribution is -2.46. The van der Waals surface area contributed by atoms with Crippen LogP contribution in [0.1, 0.15) is 25.0 Å². The molecule has 2 unspecified atom stereocenters. The summed E-state index contributed by atoms with van der Waals surface area (Å²) in [5.41, 5.74) is 6.48. The number of ether oxygens (including phenoxy) is 1. The maximum absolute atomic E-state index is 14.3. The maximum Gasteiger partial charge on any atom is 0.137 e. The Morgan fingerprint density at radius 3 is 2.95 bits per heavy atom. The van der Waals surface area contributed by atoms with Crippen LogP contribution in [0.5, 0.6) is 0 Å². The van der Waals surface area contributed by atoms with Gasteiger partial charge in [0, 0.05) is 30.3 Å². The van der Waals surface area contributed by atoms with Gasteiger partial charge in [-0.3, -0.25) is 4.90 Å². The highest BCUT2D eigenvalue weighted by Gasteiger charge is 2.24. The van der Waals surface area contributed by atoms with Crippen LogP contribution in [0.4, 0.5) is 4.39 Å². The molecule has 104 valence electrons. The molecule has 0 aliphatic carbocycles. The zero-order valence-electron chi connectivity index (χ0n) is 11.2. The largest absolute Gasteiger partial charge is 0.389 e. The minimum absolute atomic E-state index is 0.0998. The fourth-order valence-corrected chi connectivity index (χ4v) is 2.46. The van der Waals surface area contributed by atoms with Gasteiger partial charge in [0.25, 0.3) is 0 Å². The lowest BCUT2D eigenvalue weighted by molar-refractivity contribution is -0.0529. The average Bonchev–Trinajstić information content (AvgIpc) is 2.36. The van der Waals surface area contributed by atoms with Gasteiger partial charge in [-0.15, -0.1) is 0 Å². The van der Waals surface area contributed by atoms with E-state index < -0.39 is 0 Å². The third-order valence-electron chi connectivity index (χ3n) is 3.45. The Morgan fingerprint density at radius 2 is 2.26 bits per heavy atom. The Morgan fingerprint density at radius 1 is 1.53 bits per heavy atom. The molecule has 0 saturated carbocycles. The molecule has 1 saturated heterocycles. The number of nitrogens with two attached hydrogens (primary N) is 1. The second kappa shape index (κ2) is 5.94. The fraction of sp³-hybridized carbons (Fsp3) is 0.500. The van der Waals surface area contributed by atoms with Crippen LogP contribution in [0.2, 0.25) is 0 Å². The van der Waals surface area contributed by atoms with Crippen molar-refractivity contribution < 1.29 is 9.13 Å². The summed E-state index contributed by atoms with van der Waals surface area (Å²) in [4.78, 5) is 2.32. The summed E-state index contributed by atoms with van der Waals surface area (Å²) < 4.78 is 19.9. The molecule has 1 aromatic carbocycles. The van der Waals surface area contributed by atoms with Gasteiger partial charge < -0.3 is 10.5 Å². The molecule has 2 N–H and O–H groups in total. The van der Waals surface area contributed by atoms with Crippen LogP contribution in [0.3, 0.4) is 0 Å². The van der Waals surface area contributed by atoms with Crippen LogP contribution < -0.4 is 5.73 Å². The van der Waals surface area contributed by atoms with E-state index >= 15 is 0 Å². The molecule has 5 heteroatoms. The molecule has 2 atom stereocenters. The molecule has 1 aromatic rings. The van der Waals surface area contributed by atoms with Crippen molar-refractivity contribution in [2.75, 3.05) is 13.2 Å². The Bertz CT molecular complexity index is 481. The van der Waals surface area contributed by atoms with Crippen LogP contribution in [0.15, 0.2) is 18.2 Å². The van der Waals surface area contributed by atoms with Crippen molar-refractivity contribution in [3.8, 4) is 0 Å². The first-order valence-electron chi connectivity index (χ1n) is 6.42. The molecule has 19 heavy (non-hydrogen) atoms. The van der Waals surface area contributed by atoms with Gasteiger partial charge in [-0.1, -0.05) is 24.4 Å². The minimum Gasteiger partial charge on any atom is -0.389 e. The highest BCUT2D eigenvalue weighted by Crippen LogP contribution is 2.19. The highest BCUT2D eigenvalue weighted by molar-refractivity contribution is 7.80. The van der Waals surface area contributed by atoms with E-state index in [4.69, 9.17) is 22.7 Å². The number of halogens is 1. The van der Waals surface area contributed by atoms with E-state index in [9.17, 15) is 4.39 Å². The van der Waals surface area contributed by atoms with E-state index in [1.165, 1.54) is 0 Å². The molecule has 0 aromatic heterocycles. The predicted octanol–water partition coefficient (Wildman–Crippen LogP) is 2.07. The fourth-order valence-electron chi connectivity index (χ4n) is 2.30. The van der Waals surface area contributed by atoms with E-state index in [0.29, 0.717) is 24.3 Å². The van der Waals surface area contributed by atoms with E-state index in [2.05, 4.69) is 11.8 Å². The maximum atomic E-state index is 14.3. The molecule has 0 spiro atoms. The van der Waals surface area contributed by atoms with Gasteiger partial charge in [0.1, 0.15) is 10.8 Å². The normalized spacial score (nSPS) is 24.4. The average molecular weight is 282 g/mol. The van der Waals surface area contributed by atoms with E-state index in [0.717, 1.165) is 6.54 Å². The smallest absolute Gasteiger partial charge is 0.137 e. The summed E-state index contributed by atoms with van der Waals surface area (Å²) in [7, 11) is 0. The summed E-state index contributed by atoms with van der Waals surface area (Å²) in [6.45, 7) is 6.15. The molecule has 3 nitrogen and oxygen atoms in total. The van der Waals surface area contributed by atoms with Crippen molar-refractivity contribution in [2.45, 2.75) is 32.5 Å². The third-order valence-corrected chi connectivity index (χ3v) is 3.67. The highest BCUT2D eigenvalue weighted by atomic mass is 32.1. The number of hydrogen-bond donors (Lipinski definition) is 1. The van der Waals surface area contributed by atoms with Gasteiger partial charge in [0.15, 0.2) is 0 Å². The van der Waals surface area contributed by atoms with Gasteiger partial charge in [0.2, 0.25) is 0 Å². The number of morpholine rings is 1. The van der Waals surface area contributed by atoms with Crippen molar-refractivity contribution in [1.82, 2.24) is 4.90 Å². The minimum atomic E-state index is -0.304. The standard InChI is InChI=1S/C14H19FN2OS/c1-9-8-18-10(2)6-17(9)7-11-4-3-5-12(13(11)15)14(16)19/h3-5,9-10H,6-8H2,1-2H3,(H2,16,19). The van der Waals surface area contributed by atoms with Gasteiger partial charge in [-0.2, -0.15) is 0 Å². The van der Waals surface area contributed by atoms with Crippen LogP contribution in [-0.4, -0.2) is 35.2 Å². The zero-order valence-corrected chi connectivity index (χ0v) is 12.0. The van der Waals surface area contributed by atoms with Crippen molar-refractivity contribution in [3.05, 3.63) is 35.1 Å². The molecule has 1 fully saturated rings. The number of nitrogens with zero attached hydrogens (tertiary/aromatic N) is 1. The Balaban J connectivity index is 2.19. The number of rotatable bonds is 3. The Labute approximate surface area is 118 Å². The molecule has 1 heterocycles. The van der Waals surface area contributed by atoms with Crippen LogP contribution in [-0.2, 0) is 11.3 Å². The lowest BCUT2D eigenvalue weighted by Gasteiger charge is -2.36. The van der Waals surface area contributed by atoms with E-state index in [1.54, 1.807) is 18.2 Å². The Hall–Kier alpha value is -1.04. The number of hydrogen-bond acceptors (Lipinski definition) is 3. The Kier molecular flexibility index (Phi) is 4.50.